The summed E-state index contributed by atoms with van der Waals surface area (Å²) >= 11 is 0. The predicted octanol–water partition coefficient (Wildman–Crippen LogP) is 1.64. The van der Waals surface area contributed by atoms with Crippen LogP contribution in [0.15, 0.2) is 52.3 Å². The first-order valence-electron chi connectivity index (χ1n) is 6.58. The first-order valence-corrected chi connectivity index (χ1v) is 7.90. The number of methoxy groups -OCH3 is 1. The topological polar surface area (TPSA) is 74.3 Å². The van der Waals surface area contributed by atoms with Gasteiger partial charge < -0.3 is 15.0 Å². The Morgan fingerprint density at radius 2 is 2.10 bits per heavy atom. The predicted molar refractivity (Wildman–Crippen MR) is 84.0 cm³/mol. The van der Waals surface area contributed by atoms with Crippen molar-refractivity contribution in [1.82, 2.24) is 4.57 Å². The molecule has 0 saturated heterocycles. The van der Waals surface area contributed by atoms with Crippen molar-refractivity contribution in [3.63, 3.8) is 0 Å². The Balaban J connectivity index is 1.95. The number of hydrogen-bond acceptors (Lipinski definition) is 4. The van der Waals surface area contributed by atoms with E-state index >= 15 is 0 Å². The molecule has 0 amide bonds. The van der Waals surface area contributed by atoms with Gasteiger partial charge >= 0.3 is 0 Å². The molecule has 6 heteroatoms. The van der Waals surface area contributed by atoms with Gasteiger partial charge in [-0.1, -0.05) is 6.07 Å². The van der Waals surface area contributed by atoms with Gasteiger partial charge in [-0.25, -0.2) is 0 Å². The monoisotopic (exact) mass is 306 g/mol. The fraction of sp³-hybridized carbons (Fsp3) is 0.267. The lowest BCUT2D eigenvalue weighted by Crippen LogP contribution is -2.19. The van der Waals surface area contributed by atoms with Crippen LogP contribution in [0.2, 0.25) is 0 Å². The summed E-state index contributed by atoms with van der Waals surface area (Å²) in [6, 6.07) is 10.2. The molecule has 1 aromatic heterocycles. The first kappa shape index (κ1) is 15.3. The van der Waals surface area contributed by atoms with Crippen molar-refractivity contribution < 1.29 is 8.95 Å². The number of anilines is 1. The average Bonchev–Trinajstić information content (AvgIpc) is 2.50. The highest BCUT2D eigenvalue weighted by Crippen LogP contribution is 2.16. The summed E-state index contributed by atoms with van der Waals surface area (Å²) in [6.07, 6.45) is 2.24. The minimum atomic E-state index is -1.11. The zero-order chi connectivity index (χ0) is 15.2. The van der Waals surface area contributed by atoms with Gasteiger partial charge in [-0.2, -0.15) is 0 Å². The van der Waals surface area contributed by atoms with Gasteiger partial charge in [0.2, 0.25) is 0 Å². The summed E-state index contributed by atoms with van der Waals surface area (Å²) in [5.74, 6) is 1.17. The maximum absolute atomic E-state index is 12.2. The van der Waals surface area contributed by atoms with Crippen LogP contribution >= 0.6 is 0 Å². The Kier molecular flexibility index (Phi) is 5.16. The van der Waals surface area contributed by atoms with Crippen molar-refractivity contribution in [1.29, 1.82) is 0 Å². The molecule has 2 rings (SSSR count). The van der Waals surface area contributed by atoms with Gasteiger partial charge in [-0.3, -0.25) is 9.00 Å². The standard InChI is InChI=1S/C15H18N2O3S/c1-20-13-4-2-5-14(10-13)21(19)9-3-8-17-11-12(16)6-7-15(17)18/h2,4-7,10-11H,3,8-9,16H2,1H3. The number of ether oxygens (including phenoxy) is 1. The van der Waals surface area contributed by atoms with E-state index in [0.29, 0.717) is 30.2 Å². The summed E-state index contributed by atoms with van der Waals surface area (Å²) < 4.78 is 18.9. The van der Waals surface area contributed by atoms with Crippen LogP contribution in [-0.2, 0) is 17.3 Å². The second-order valence-corrected chi connectivity index (χ2v) is 6.15. The lowest BCUT2D eigenvalue weighted by molar-refractivity contribution is 0.413. The summed E-state index contributed by atoms with van der Waals surface area (Å²) in [5, 5.41) is 0. The van der Waals surface area contributed by atoms with Gasteiger partial charge in [0.1, 0.15) is 5.75 Å². The number of rotatable bonds is 6. The fourth-order valence-corrected chi connectivity index (χ4v) is 3.06. The summed E-state index contributed by atoms with van der Waals surface area (Å²) in [7, 11) is 0.470. The molecule has 0 radical (unpaired) electrons. The molecule has 0 aliphatic heterocycles. The van der Waals surface area contributed by atoms with Crippen molar-refractivity contribution in [3.8, 4) is 5.75 Å². The van der Waals surface area contributed by atoms with Crippen molar-refractivity contribution in [2.75, 3.05) is 18.6 Å². The smallest absolute Gasteiger partial charge is 0.250 e. The van der Waals surface area contributed by atoms with Crippen LogP contribution in [0.4, 0.5) is 5.69 Å². The Morgan fingerprint density at radius 1 is 1.29 bits per heavy atom. The van der Waals surface area contributed by atoms with Gasteiger partial charge in [0.25, 0.3) is 5.56 Å². The zero-order valence-electron chi connectivity index (χ0n) is 11.8. The summed E-state index contributed by atoms with van der Waals surface area (Å²) in [5.41, 5.74) is 6.09. The van der Waals surface area contributed by atoms with Crippen molar-refractivity contribution in [2.45, 2.75) is 17.9 Å². The number of nitrogen functional groups attached to an aromatic ring is 1. The molecule has 1 atom stereocenters. The van der Waals surface area contributed by atoms with Crippen molar-refractivity contribution >= 4 is 16.5 Å². The molecule has 0 bridgehead atoms. The van der Waals surface area contributed by atoms with Crippen LogP contribution in [0.25, 0.3) is 0 Å². The molecular formula is C15H18N2O3S. The van der Waals surface area contributed by atoms with Gasteiger partial charge in [0.05, 0.1) is 17.9 Å². The number of nitrogens with zero attached hydrogens (tertiary/aromatic N) is 1. The second kappa shape index (κ2) is 7.08. The van der Waals surface area contributed by atoms with Crippen molar-refractivity contribution in [3.05, 3.63) is 52.9 Å². The molecule has 0 aliphatic rings. The zero-order valence-corrected chi connectivity index (χ0v) is 12.6. The molecule has 1 aromatic carbocycles. The number of aromatic nitrogens is 1. The quantitative estimate of drug-likeness (QED) is 0.880. The van der Waals surface area contributed by atoms with Gasteiger partial charge in [-0.05, 0) is 30.7 Å². The molecule has 0 fully saturated rings. The molecule has 21 heavy (non-hydrogen) atoms. The third kappa shape index (κ3) is 4.19. The van der Waals surface area contributed by atoms with E-state index in [0.717, 1.165) is 4.90 Å². The molecule has 0 aliphatic carbocycles. The molecule has 5 nitrogen and oxygen atoms in total. The average molecular weight is 306 g/mol. The van der Waals surface area contributed by atoms with Gasteiger partial charge in [0.15, 0.2) is 0 Å². The lowest BCUT2D eigenvalue weighted by Gasteiger charge is -2.07. The molecule has 2 N–H and O–H groups in total. The molecule has 0 saturated carbocycles. The van der Waals surface area contributed by atoms with E-state index in [1.165, 1.54) is 10.6 Å². The number of aryl methyl sites for hydroxylation is 1. The van der Waals surface area contributed by atoms with E-state index in [1.807, 2.05) is 18.2 Å². The van der Waals surface area contributed by atoms with Crippen LogP contribution in [0, 0.1) is 0 Å². The maximum atomic E-state index is 12.2. The van der Waals surface area contributed by atoms with Gasteiger partial charge in [0, 0.05) is 35.1 Å². The normalized spacial score (nSPS) is 12.0. The summed E-state index contributed by atoms with van der Waals surface area (Å²) in [4.78, 5) is 12.3. The van der Waals surface area contributed by atoms with E-state index < -0.39 is 10.8 Å². The van der Waals surface area contributed by atoms with Crippen LogP contribution in [0.5, 0.6) is 5.75 Å². The molecular weight excluding hydrogens is 288 g/mol. The highest BCUT2D eigenvalue weighted by Gasteiger charge is 2.05. The Morgan fingerprint density at radius 3 is 2.86 bits per heavy atom. The van der Waals surface area contributed by atoms with Crippen LogP contribution < -0.4 is 16.0 Å². The highest BCUT2D eigenvalue weighted by atomic mass is 32.2. The second-order valence-electron chi connectivity index (χ2n) is 4.58. The van der Waals surface area contributed by atoms with E-state index in [2.05, 4.69) is 0 Å². The molecule has 2 aromatic rings. The van der Waals surface area contributed by atoms with E-state index in [-0.39, 0.29) is 5.56 Å². The fourth-order valence-electron chi connectivity index (χ4n) is 1.95. The molecule has 112 valence electrons. The Bertz CT molecular complexity index is 697. The Labute approximate surface area is 125 Å². The minimum Gasteiger partial charge on any atom is -0.497 e. The maximum Gasteiger partial charge on any atom is 0.250 e. The van der Waals surface area contributed by atoms with Crippen LogP contribution in [0.3, 0.4) is 0 Å². The van der Waals surface area contributed by atoms with E-state index in [4.69, 9.17) is 10.5 Å². The number of nitrogens with two attached hydrogens (primary N) is 1. The van der Waals surface area contributed by atoms with E-state index in [9.17, 15) is 9.00 Å². The number of benzene rings is 1. The number of pyridine rings is 1. The summed E-state index contributed by atoms with van der Waals surface area (Å²) in [6.45, 7) is 0.500. The lowest BCUT2D eigenvalue weighted by atomic mass is 10.3. The molecule has 1 unspecified atom stereocenters. The van der Waals surface area contributed by atoms with Crippen molar-refractivity contribution in [2.24, 2.45) is 0 Å². The molecule has 0 spiro atoms. The van der Waals surface area contributed by atoms with Crippen LogP contribution in [-0.4, -0.2) is 21.6 Å². The SMILES string of the molecule is COc1cccc(S(=O)CCCn2cc(N)ccc2=O)c1. The highest BCUT2D eigenvalue weighted by molar-refractivity contribution is 7.85. The van der Waals surface area contributed by atoms with E-state index in [1.54, 1.807) is 25.4 Å². The third-order valence-electron chi connectivity index (χ3n) is 3.04. The third-order valence-corrected chi connectivity index (χ3v) is 4.48. The minimum absolute atomic E-state index is 0.101. The molecule has 1 heterocycles. The number of hydrogen-bond donors (Lipinski definition) is 1. The first-order chi connectivity index (χ1) is 10.1. The largest absolute Gasteiger partial charge is 0.497 e. The van der Waals surface area contributed by atoms with Gasteiger partial charge in [-0.15, -0.1) is 0 Å². The Hall–Kier alpha value is -2.08. The van der Waals surface area contributed by atoms with Crippen LogP contribution in [0.1, 0.15) is 6.42 Å².